The molecule has 0 aliphatic heterocycles. The molecular formula is C20H46OSi2. The fourth-order valence-electron chi connectivity index (χ4n) is 3.44. The van der Waals surface area contributed by atoms with Gasteiger partial charge in [-0.25, -0.2) is 0 Å². The lowest BCUT2D eigenvalue weighted by Crippen LogP contribution is -2.34. The van der Waals surface area contributed by atoms with Crippen molar-refractivity contribution in [3.63, 3.8) is 0 Å². The number of rotatable bonds is 17. The van der Waals surface area contributed by atoms with Crippen LogP contribution < -0.4 is 0 Å². The van der Waals surface area contributed by atoms with Crippen LogP contribution in [0.5, 0.6) is 0 Å². The van der Waals surface area contributed by atoms with E-state index in [1.807, 2.05) is 0 Å². The Morgan fingerprint density at radius 3 is 1.30 bits per heavy atom. The molecule has 0 unspecified atom stereocenters. The van der Waals surface area contributed by atoms with Gasteiger partial charge in [0.05, 0.1) is 0 Å². The van der Waals surface area contributed by atoms with Gasteiger partial charge in [0.25, 0.3) is 0 Å². The normalized spacial score (nSPS) is 12.3. The summed E-state index contributed by atoms with van der Waals surface area (Å²) in [6, 6.07) is 1.37. The van der Waals surface area contributed by atoms with Crippen LogP contribution >= 0.6 is 0 Å². The highest BCUT2D eigenvalue weighted by atomic mass is 28.4. The van der Waals surface area contributed by atoms with Gasteiger partial charge in [-0.15, -0.1) is 0 Å². The second-order valence-electron chi connectivity index (χ2n) is 8.27. The summed E-state index contributed by atoms with van der Waals surface area (Å²) in [7, 11) is -2.13. The van der Waals surface area contributed by atoms with Crippen molar-refractivity contribution in [1.29, 1.82) is 0 Å². The minimum Gasteiger partial charge on any atom is -0.458 e. The summed E-state index contributed by atoms with van der Waals surface area (Å²) in [4.78, 5) is 0. The lowest BCUT2D eigenvalue weighted by molar-refractivity contribution is 0.532. The van der Waals surface area contributed by atoms with E-state index >= 15 is 0 Å². The number of hydrogen-bond acceptors (Lipinski definition) is 1. The molecule has 1 nitrogen and oxygen atoms in total. The quantitative estimate of drug-likeness (QED) is 0.191. The molecule has 0 aromatic heterocycles. The molecule has 0 N–H and O–H groups in total. The van der Waals surface area contributed by atoms with Crippen molar-refractivity contribution in [2.24, 2.45) is 0 Å². The predicted octanol–water partition coefficient (Wildman–Crippen LogP) is 7.67. The molecule has 140 valence electrons. The summed E-state index contributed by atoms with van der Waals surface area (Å²) in [6.45, 7) is 11.7. The van der Waals surface area contributed by atoms with Gasteiger partial charge >= 0.3 is 0 Å². The van der Waals surface area contributed by atoms with E-state index < -0.39 is 17.4 Å². The Labute approximate surface area is 150 Å². The van der Waals surface area contributed by atoms with Crippen LogP contribution in [0.2, 0.25) is 32.2 Å². The van der Waals surface area contributed by atoms with Crippen molar-refractivity contribution in [3.8, 4) is 0 Å². The smallest absolute Gasteiger partial charge is 0.173 e. The maximum atomic E-state index is 6.23. The summed E-state index contributed by atoms with van der Waals surface area (Å²) in [5.74, 6) is 0. The molecule has 0 aromatic carbocycles. The van der Waals surface area contributed by atoms with Gasteiger partial charge < -0.3 is 4.12 Å². The van der Waals surface area contributed by atoms with Crippen molar-refractivity contribution < 1.29 is 4.12 Å². The molecule has 3 heteroatoms. The highest BCUT2D eigenvalue weighted by Gasteiger charge is 2.22. The fourth-order valence-corrected chi connectivity index (χ4v) is 10.1. The van der Waals surface area contributed by atoms with Crippen LogP contribution in [0.1, 0.15) is 96.8 Å². The van der Waals surface area contributed by atoms with E-state index in [9.17, 15) is 0 Å². The summed E-state index contributed by atoms with van der Waals surface area (Å²) in [6.07, 6.45) is 20.3. The molecule has 0 rings (SSSR count). The van der Waals surface area contributed by atoms with Crippen molar-refractivity contribution in [3.05, 3.63) is 0 Å². The van der Waals surface area contributed by atoms with Crippen LogP contribution in [0.25, 0.3) is 0 Å². The van der Waals surface area contributed by atoms with E-state index in [1.54, 1.807) is 0 Å². The lowest BCUT2D eigenvalue weighted by Gasteiger charge is -2.25. The molecule has 0 amide bonds. The van der Waals surface area contributed by atoms with Gasteiger partial charge in [0, 0.05) is 0 Å². The summed E-state index contributed by atoms with van der Waals surface area (Å²) in [5.41, 5.74) is 0. The van der Waals surface area contributed by atoms with Crippen LogP contribution in [0, 0.1) is 0 Å². The minimum atomic E-state index is -1.31. The molecular weight excluding hydrogens is 312 g/mol. The first kappa shape index (κ1) is 23.4. The zero-order chi connectivity index (χ0) is 17.4. The van der Waals surface area contributed by atoms with Gasteiger partial charge in [0.2, 0.25) is 0 Å². The summed E-state index contributed by atoms with van der Waals surface area (Å²) in [5, 5.41) is 0. The molecule has 0 heterocycles. The van der Waals surface area contributed by atoms with E-state index in [-0.39, 0.29) is 0 Å². The van der Waals surface area contributed by atoms with E-state index in [0.29, 0.717) is 0 Å². The van der Waals surface area contributed by atoms with Crippen LogP contribution in [0.3, 0.4) is 0 Å². The Morgan fingerprint density at radius 1 is 0.609 bits per heavy atom. The Morgan fingerprint density at radius 2 is 0.957 bits per heavy atom. The SMILES string of the molecule is CCCCCCCCCCCCCCCC[Si](C)(C)O[SiH](C)C. The third-order valence-electron chi connectivity index (χ3n) is 4.69. The largest absolute Gasteiger partial charge is 0.458 e. The van der Waals surface area contributed by atoms with Gasteiger partial charge in [-0.05, 0) is 32.2 Å². The van der Waals surface area contributed by atoms with Crippen LogP contribution in [-0.2, 0) is 4.12 Å². The van der Waals surface area contributed by atoms with Crippen molar-refractivity contribution in [2.75, 3.05) is 0 Å². The van der Waals surface area contributed by atoms with E-state index in [0.717, 1.165) is 0 Å². The topological polar surface area (TPSA) is 9.23 Å². The molecule has 0 spiro atoms. The Bertz CT molecular complexity index is 242. The molecule has 0 saturated heterocycles. The summed E-state index contributed by atoms with van der Waals surface area (Å²) < 4.78 is 6.23. The van der Waals surface area contributed by atoms with Crippen LogP contribution in [0.15, 0.2) is 0 Å². The van der Waals surface area contributed by atoms with Crippen molar-refractivity contribution >= 4 is 17.4 Å². The van der Waals surface area contributed by atoms with Gasteiger partial charge in [0.15, 0.2) is 17.4 Å². The van der Waals surface area contributed by atoms with Crippen molar-refractivity contribution in [2.45, 2.75) is 129 Å². The molecule has 0 aliphatic carbocycles. The van der Waals surface area contributed by atoms with Gasteiger partial charge in [-0.3, -0.25) is 0 Å². The first-order chi connectivity index (χ1) is 11.0. The monoisotopic (exact) mass is 358 g/mol. The molecule has 0 atom stereocenters. The summed E-state index contributed by atoms with van der Waals surface area (Å²) >= 11 is 0. The minimum absolute atomic E-state index is 0.827. The van der Waals surface area contributed by atoms with Crippen LogP contribution in [-0.4, -0.2) is 17.4 Å². The third kappa shape index (κ3) is 18.6. The molecule has 0 bridgehead atoms. The predicted molar refractivity (Wildman–Crippen MR) is 113 cm³/mol. The highest BCUT2D eigenvalue weighted by Crippen LogP contribution is 2.18. The molecule has 0 saturated carbocycles. The molecule has 0 aliphatic rings. The van der Waals surface area contributed by atoms with E-state index in [4.69, 9.17) is 4.12 Å². The molecule has 0 radical (unpaired) electrons. The fraction of sp³-hybridized carbons (Fsp3) is 1.00. The first-order valence-electron chi connectivity index (χ1n) is 10.7. The second-order valence-corrected chi connectivity index (χ2v) is 15.3. The maximum Gasteiger partial charge on any atom is 0.173 e. The highest BCUT2D eigenvalue weighted by molar-refractivity contribution is 6.77. The van der Waals surface area contributed by atoms with Crippen molar-refractivity contribution in [1.82, 2.24) is 0 Å². The zero-order valence-corrected chi connectivity index (χ0v) is 19.2. The van der Waals surface area contributed by atoms with Gasteiger partial charge in [-0.1, -0.05) is 96.8 Å². The molecule has 0 fully saturated rings. The molecule has 23 heavy (non-hydrogen) atoms. The number of hydrogen-bond donors (Lipinski definition) is 0. The second kappa shape index (κ2) is 15.9. The first-order valence-corrected chi connectivity index (χ1v) is 16.6. The molecule has 0 aromatic rings. The average Bonchev–Trinajstić information content (AvgIpc) is 2.46. The van der Waals surface area contributed by atoms with Crippen LogP contribution in [0.4, 0.5) is 0 Å². The standard InChI is InChI=1S/C20H46OSi2/c1-6-7-8-9-10-11-12-13-14-15-16-17-18-19-20-23(4,5)21-22(2)3/h22H,6-20H2,1-5H3. The van der Waals surface area contributed by atoms with Gasteiger partial charge in [0.1, 0.15) is 0 Å². The average molecular weight is 359 g/mol. The van der Waals surface area contributed by atoms with E-state index in [1.165, 1.54) is 95.9 Å². The third-order valence-corrected chi connectivity index (χ3v) is 10.7. The Kier molecular flexibility index (Phi) is 16.2. The number of unbranched alkanes of at least 4 members (excludes halogenated alkanes) is 13. The Hall–Kier alpha value is 0.394. The zero-order valence-electron chi connectivity index (χ0n) is 17.1. The van der Waals surface area contributed by atoms with Gasteiger partial charge in [-0.2, -0.15) is 0 Å². The van der Waals surface area contributed by atoms with E-state index in [2.05, 4.69) is 33.1 Å². The maximum absolute atomic E-state index is 6.23. The lowest BCUT2D eigenvalue weighted by atomic mass is 10.0. The Balaban J connectivity index is 3.19.